The molecular formula is C14H21NO2. The zero-order chi connectivity index (χ0) is 12.1. The van der Waals surface area contributed by atoms with Gasteiger partial charge in [-0.1, -0.05) is 19.1 Å². The first-order valence-electron chi connectivity index (χ1n) is 6.43. The van der Waals surface area contributed by atoms with E-state index in [0.29, 0.717) is 0 Å². The van der Waals surface area contributed by atoms with Crippen molar-refractivity contribution in [2.45, 2.75) is 38.8 Å². The molecule has 0 saturated carbocycles. The standard InChI is InChI=1S/C14H21NO2/c1-2-13(16)5-7-15-10-11-3-4-14-12(9-11)6-8-17-14/h3-4,9,13,15-16H,2,5-8,10H2,1H3. The third-order valence-electron chi connectivity index (χ3n) is 3.21. The fraction of sp³-hybridized carbons (Fsp3) is 0.571. The van der Waals surface area contributed by atoms with E-state index in [1.54, 1.807) is 0 Å². The normalized spacial score (nSPS) is 15.4. The van der Waals surface area contributed by atoms with Gasteiger partial charge in [0.15, 0.2) is 0 Å². The number of hydrogen-bond acceptors (Lipinski definition) is 3. The van der Waals surface area contributed by atoms with Gasteiger partial charge in [0.05, 0.1) is 12.7 Å². The minimum atomic E-state index is -0.170. The molecule has 94 valence electrons. The lowest BCUT2D eigenvalue weighted by atomic mass is 10.1. The van der Waals surface area contributed by atoms with Gasteiger partial charge in [0.2, 0.25) is 0 Å². The Balaban J connectivity index is 1.76. The molecule has 2 rings (SSSR count). The zero-order valence-corrected chi connectivity index (χ0v) is 10.4. The monoisotopic (exact) mass is 235 g/mol. The second kappa shape index (κ2) is 6.03. The van der Waals surface area contributed by atoms with Gasteiger partial charge in [0.25, 0.3) is 0 Å². The Kier molecular flexibility index (Phi) is 4.40. The van der Waals surface area contributed by atoms with Gasteiger partial charge in [0, 0.05) is 13.0 Å². The second-order valence-corrected chi connectivity index (χ2v) is 4.57. The van der Waals surface area contributed by atoms with Crippen molar-refractivity contribution >= 4 is 0 Å². The van der Waals surface area contributed by atoms with Crippen LogP contribution in [0.1, 0.15) is 30.9 Å². The van der Waals surface area contributed by atoms with Crippen LogP contribution in [0, 0.1) is 0 Å². The summed E-state index contributed by atoms with van der Waals surface area (Å²) in [5.74, 6) is 1.04. The van der Waals surface area contributed by atoms with E-state index in [1.807, 2.05) is 6.92 Å². The third-order valence-corrected chi connectivity index (χ3v) is 3.21. The number of ether oxygens (including phenoxy) is 1. The molecule has 0 amide bonds. The van der Waals surface area contributed by atoms with Gasteiger partial charge in [-0.15, -0.1) is 0 Å². The highest BCUT2D eigenvalue weighted by atomic mass is 16.5. The van der Waals surface area contributed by atoms with Gasteiger partial charge in [-0.2, -0.15) is 0 Å². The van der Waals surface area contributed by atoms with Gasteiger partial charge < -0.3 is 15.2 Å². The maximum atomic E-state index is 9.43. The molecule has 1 aliphatic heterocycles. The average Bonchev–Trinajstić information content (AvgIpc) is 2.81. The Morgan fingerprint density at radius 3 is 3.18 bits per heavy atom. The molecule has 3 heteroatoms. The Labute approximate surface area is 103 Å². The number of fused-ring (bicyclic) bond motifs is 1. The largest absolute Gasteiger partial charge is 0.493 e. The van der Waals surface area contributed by atoms with E-state index in [4.69, 9.17) is 4.74 Å². The maximum absolute atomic E-state index is 9.43. The highest BCUT2D eigenvalue weighted by Gasteiger charge is 2.11. The van der Waals surface area contributed by atoms with Gasteiger partial charge in [-0.05, 0) is 36.6 Å². The summed E-state index contributed by atoms with van der Waals surface area (Å²) in [6, 6.07) is 6.37. The van der Waals surface area contributed by atoms with Gasteiger partial charge >= 0.3 is 0 Å². The summed E-state index contributed by atoms with van der Waals surface area (Å²) in [4.78, 5) is 0. The lowest BCUT2D eigenvalue weighted by molar-refractivity contribution is 0.159. The van der Waals surface area contributed by atoms with Crippen LogP contribution in [-0.2, 0) is 13.0 Å². The lowest BCUT2D eigenvalue weighted by Gasteiger charge is -2.09. The van der Waals surface area contributed by atoms with E-state index in [1.165, 1.54) is 11.1 Å². The van der Waals surface area contributed by atoms with Crippen molar-refractivity contribution in [3.05, 3.63) is 29.3 Å². The maximum Gasteiger partial charge on any atom is 0.122 e. The first-order valence-corrected chi connectivity index (χ1v) is 6.43. The van der Waals surface area contributed by atoms with Crippen molar-refractivity contribution in [3.8, 4) is 5.75 Å². The molecule has 1 aromatic rings. The van der Waals surface area contributed by atoms with E-state index in [2.05, 4.69) is 23.5 Å². The van der Waals surface area contributed by atoms with Crippen molar-refractivity contribution < 1.29 is 9.84 Å². The highest BCUT2D eigenvalue weighted by Crippen LogP contribution is 2.25. The first-order chi connectivity index (χ1) is 8.29. The summed E-state index contributed by atoms with van der Waals surface area (Å²) in [6.07, 6.45) is 2.51. The number of aliphatic hydroxyl groups excluding tert-OH is 1. The molecule has 0 aliphatic carbocycles. The Bertz CT molecular complexity index is 365. The van der Waals surface area contributed by atoms with Crippen LogP contribution < -0.4 is 10.1 Å². The smallest absolute Gasteiger partial charge is 0.122 e. The van der Waals surface area contributed by atoms with E-state index in [-0.39, 0.29) is 6.10 Å². The van der Waals surface area contributed by atoms with Crippen molar-refractivity contribution in [1.82, 2.24) is 5.32 Å². The van der Waals surface area contributed by atoms with Crippen molar-refractivity contribution in [2.75, 3.05) is 13.2 Å². The van der Waals surface area contributed by atoms with E-state index < -0.39 is 0 Å². The molecule has 1 unspecified atom stereocenters. The molecule has 1 atom stereocenters. The van der Waals surface area contributed by atoms with E-state index in [9.17, 15) is 5.11 Å². The molecule has 3 nitrogen and oxygen atoms in total. The molecule has 1 aromatic carbocycles. The molecular weight excluding hydrogens is 214 g/mol. The van der Waals surface area contributed by atoms with Crippen LogP contribution in [0.25, 0.3) is 0 Å². The number of nitrogens with one attached hydrogen (secondary N) is 1. The van der Waals surface area contributed by atoms with Crippen LogP contribution in [0.5, 0.6) is 5.75 Å². The number of hydrogen-bond donors (Lipinski definition) is 2. The Hall–Kier alpha value is -1.06. The van der Waals surface area contributed by atoms with Crippen LogP contribution in [0.3, 0.4) is 0 Å². The van der Waals surface area contributed by atoms with Gasteiger partial charge in [-0.25, -0.2) is 0 Å². The summed E-state index contributed by atoms with van der Waals surface area (Å²) in [7, 11) is 0. The molecule has 2 N–H and O–H groups in total. The van der Waals surface area contributed by atoms with Crippen LogP contribution in [0.15, 0.2) is 18.2 Å². The number of rotatable bonds is 6. The van der Waals surface area contributed by atoms with Crippen molar-refractivity contribution in [3.63, 3.8) is 0 Å². The van der Waals surface area contributed by atoms with Crippen LogP contribution in [-0.4, -0.2) is 24.4 Å². The minimum Gasteiger partial charge on any atom is -0.493 e. The topological polar surface area (TPSA) is 41.5 Å². The third kappa shape index (κ3) is 3.45. The fourth-order valence-corrected chi connectivity index (χ4v) is 2.06. The highest BCUT2D eigenvalue weighted by molar-refractivity contribution is 5.39. The summed E-state index contributed by atoms with van der Waals surface area (Å²) < 4.78 is 5.47. The lowest BCUT2D eigenvalue weighted by Crippen LogP contribution is -2.19. The summed E-state index contributed by atoms with van der Waals surface area (Å²) >= 11 is 0. The van der Waals surface area contributed by atoms with Crippen molar-refractivity contribution in [1.29, 1.82) is 0 Å². The van der Waals surface area contributed by atoms with Crippen LogP contribution >= 0.6 is 0 Å². The quantitative estimate of drug-likeness (QED) is 0.740. The van der Waals surface area contributed by atoms with E-state index in [0.717, 1.165) is 44.7 Å². The van der Waals surface area contributed by atoms with Crippen LogP contribution in [0.4, 0.5) is 0 Å². The molecule has 0 aromatic heterocycles. The number of benzene rings is 1. The minimum absolute atomic E-state index is 0.170. The van der Waals surface area contributed by atoms with E-state index >= 15 is 0 Å². The first kappa shape index (κ1) is 12.4. The molecule has 0 spiro atoms. The van der Waals surface area contributed by atoms with Crippen molar-refractivity contribution in [2.24, 2.45) is 0 Å². The summed E-state index contributed by atoms with van der Waals surface area (Å²) in [5.41, 5.74) is 2.61. The fourth-order valence-electron chi connectivity index (χ4n) is 2.06. The van der Waals surface area contributed by atoms with Gasteiger partial charge in [-0.3, -0.25) is 0 Å². The summed E-state index contributed by atoms with van der Waals surface area (Å²) in [6.45, 7) is 4.55. The summed E-state index contributed by atoms with van der Waals surface area (Å²) in [5, 5.41) is 12.8. The molecule has 1 heterocycles. The predicted octanol–water partition coefficient (Wildman–Crippen LogP) is 1.87. The Morgan fingerprint density at radius 2 is 2.35 bits per heavy atom. The van der Waals surface area contributed by atoms with Gasteiger partial charge in [0.1, 0.15) is 5.75 Å². The number of aliphatic hydroxyl groups is 1. The average molecular weight is 235 g/mol. The molecule has 0 saturated heterocycles. The molecule has 1 aliphatic rings. The zero-order valence-electron chi connectivity index (χ0n) is 10.4. The molecule has 0 radical (unpaired) electrons. The van der Waals surface area contributed by atoms with Crippen LogP contribution in [0.2, 0.25) is 0 Å². The predicted molar refractivity (Wildman–Crippen MR) is 68.3 cm³/mol. The SMILES string of the molecule is CCC(O)CCNCc1ccc2c(c1)CCO2. The molecule has 0 bridgehead atoms. The second-order valence-electron chi connectivity index (χ2n) is 4.57. The molecule has 17 heavy (non-hydrogen) atoms. The Morgan fingerprint density at radius 1 is 1.47 bits per heavy atom. The molecule has 0 fully saturated rings.